The van der Waals surface area contributed by atoms with Crippen molar-refractivity contribution in [3.05, 3.63) is 34.0 Å². The van der Waals surface area contributed by atoms with E-state index in [1.165, 1.54) is 7.11 Å². The predicted molar refractivity (Wildman–Crippen MR) is 102 cm³/mol. The molecule has 1 spiro atoms. The molecule has 3 rings (SSSR count). The van der Waals surface area contributed by atoms with Gasteiger partial charge >= 0.3 is 12.1 Å². The zero-order valence-electron chi connectivity index (χ0n) is 15.8. The standard InChI is InChI=1S/C20H24ClNO5/c1-4-12-10-13(21)11-14(25-3)15(12)16-17(26-19(24)22-5-2)20(27-18(16)23)8-6-7-9-20/h10-11H,4-9H2,1-3H3,(H,22,24). The third-order valence-corrected chi connectivity index (χ3v) is 5.28. The number of amides is 1. The minimum atomic E-state index is -0.882. The number of benzene rings is 1. The van der Waals surface area contributed by atoms with Gasteiger partial charge in [-0.3, -0.25) is 0 Å². The molecule has 6 nitrogen and oxygen atoms in total. The maximum atomic E-state index is 12.9. The van der Waals surface area contributed by atoms with Gasteiger partial charge in [-0.25, -0.2) is 9.59 Å². The number of ether oxygens (including phenoxy) is 3. The minimum absolute atomic E-state index is 0.258. The Morgan fingerprint density at radius 1 is 1.30 bits per heavy atom. The zero-order valence-corrected chi connectivity index (χ0v) is 16.6. The van der Waals surface area contributed by atoms with Gasteiger partial charge in [-0.15, -0.1) is 0 Å². The van der Waals surface area contributed by atoms with Gasteiger partial charge in [0.1, 0.15) is 11.3 Å². The molecule has 0 radical (unpaired) electrons. The summed E-state index contributed by atoms with van der Waals surface area (Å²) in [6.07, 6.45) is 3.11. The number of carbonyl (C=O) groups is 2. The molecule has 1 N–H and O–H groups in total. The van der Waals surface area contributed by atoms with Gasteiger partial charge in [0.05, 0.1) is 7.11 Å². The Morgan fingerprint density at radius 3 is 2.59 bits per heavy atom. The lowest BCUT2D eigenvalue weighted by atomic mass is 9.91. The molecular weight excluding hydrogens is 370 g/mol. The third-order valence-electron chi connectivity index (χ3n) is 5.06. The van der Waals surface area contributed by atoms with Crippen molar-refractivity contribution in [2.24, 2.45) is 0 Å². The number of methoxy groups -OCH3 is 1. The number of hydrogen-bond donors (Lipinski definition) is 1. The quantitative estimate of drug-likeness (QED) is 0.757. The van der Waals surface area contributed by atoms with Gasteiger partial charge in [0.25, 0.3) is 0 Å². The average molecular weight is 394 g/mol. The highest BCUT2D eigenvalue weighted by Crippen LogP contribution is 2.50. The van der Waals surface area contributed by atoms with E-state index in [4.69, 9.17) is 25.8 Å². The summed E-state index contributed by atoms with van der Waals surface area (Å²) in [7, 11) is 1.52. The van der Waals surface area contributed by atoms with Gasteiger partial charge in [0.2, 0.25) is 0 Å². The first-order valence-corrected chi connectivity index (χ1v) is 9.64. The van der Waals surface area contributed by atoms with Crippen LogP contribution in [-0.2, 0) is 20.7 Å². The van der Waals surface area contributed by atoms with Crippen molar-refractivity contribution in [2.75, 3.05) is 13.7 Å². The van der Waals surface area contributed by atoms with Crippen molar-refractivity contribution in [2.45, 2.75) is 51.6 Å². The van der Waals surface area contributed by atoms with E-state index >= 15 is 0 Å². The fourth-order valence-corrected chi connectivity index (χ4v) is 4.09. The average Bonchev–Trinajstić information content (AvgIpc) is 3.20. The van der Waals surface area contributed by atoms with Crippen LogP contribution in [0.5, 0.6) is 5.75 Å². The lowest BCUT2D eigenvalue weighted by Crippen LogP contribution is -2.33. The molecule has 1 aromatic carbocycles. The molecule has 1 heterocycles. The monoisotopic (exact) mass is 393 g/mol. The molecule has 0 bridgehead atoms. The van der Waals surface area contributed by atoms with Gasteiger partial charge < -0.3 is 19.5 Å². The van der Waals surface area contributed by atoms with Crippen molar-refractivity contribution in [3.8, 4) is 5.75 Å². The van der Waals surface area contributed by atoms with Crippen molar-refractivity contribution >= 4 is 29.2 Å². The second kappa shape index (κ2) is 7.80. The normalized spacial score (nSPS) is 18.0. The predicted octanol–water partition coefficient (Wildman–Crippen LogP) is 4.24. The van der Waals surface area contributed by atoms with Crippen LogP contribution in [0.25, 0.3) is 5.57 Å². The van der Waals surface area contributed by atoms with Crippen molar-refractivity contribution in [3.63, 3.8) is 0 Å². The second-order valence-corrected chi connectivity index (χ2v) is 7.15. The Morgan fingerprint density at radius 2 is 2.00 bits per heavy atom. The summed E-state index contributed by atoms with van der Waals surface area (Å²) in [5.74, 6) is 0.246. The Kier molecular flexibility index (Phi) is 5.65. The molecule has 2 aliphatic rings. The van der Waals surface area contributed by atoms with Crippen LogP contribution in [-0.4, -0.2) is 31.3 Å². The number of alkyl carbamates (subject to hydrolysis) is 1. The molecule has 27 heavy (non-hydrogen) atoms. The topological polar surface area (TPSA) is 73.9 Å². The maximum Gasteiger partial charge on any atom is 0.412 e. The molecular formula is C20H24ClNO5. The van der Waals surface area contributed by atoms with Crippen molar-refractivity contribution < 1.29 is 23.8 Å². The fourth-order valence-electron chi connectivity index (χ4n) is 3.86. The first kappa shape index (κ1) is 19.5. The van der Waals surface area contributed by atoms with Crippen LogP contribution in [0, 0.1) is 0 Å². The smallest absolute Gasteiger partial charge is 0.412 e. The number of rotatable bonds is 5. The summed E-state index contributed by atoms with van der Waals surface area (Å²) in [5, 5.41) is 3.13. The van der Waals surface area contributed by atoms with Gasteiger partial charge in [-0.1, -0.05) is 18.5 Å². The number of hydrogen-bond acceptors (Lipinski definition) is 5. The Hall–Kier alpha value is -2.21. The van der Waals surface area contributed by atoms with Crippen LogP contribution in [0.2, 0.25) is 5.02 Å². The molecule has 0 atom stereocenters. The van der Waals surface area contributed by atoms with Crippen LogP contribution < -0.4 is 10.1 Å². The summed E-state index contributed by atoms with van der Waals surface area (Å²) in [5.41, 5.74) is 0.789. The number of esters is 1. The summed E-state index contributed by atoms with van der Waals surface area (Å²) < 4.78 is 16.9. The number of nitrogens with one attached hydrogen (secondary N) is 1. The number of halogens is 1. The highest BCUT2D eigenvalue weighted by molar-refractivity contribution is 6.31. The first-order chi connectivity index (χ1) is 13.0. The molecule has 1 aliphatic carbocycles. The van der Waals surface area contributed by atoms with Gasteiger partial charge in [-0.05, 0) is 56.7 Å². The van der Waals surface area contributed by atoms with E-state index in [1.54, 1.807) is 19.1 Å². The number of aryl methyl sites for hydroxylation is 1. The summed E-state index contributed by atoms with van der Waals surface area (Å²) in [6, 6.07) is 3.45. The second-order valence-electron chi connectivity index (χ2n) is 6.71. The molecule has 1 fully saturated rings. The van der Waals surface area contributed by atoms with Gasteiger partial charge in [0, 0.05) is 17.1 Å². The highest BCUT2D eigenvalue weighted by Gasteiger charge is 2.53. The van der Waals surface area contributed by atoms with Crippen LogP contribution in [0.4, 0.5) is 4.79 Å². The molecule has 1 amide bonds. The number of carbonyl (C=O) groups excluding carboxylic acids is 2. The van der Waals surface area contributed by atoms with Gasteiger partial charge in [0.15, 0.2) is 11.4 Å². The Labute approximate surface area is 163 Å². The van der Waals surface area contributed by atoms with Crippen LogP contribution in [0.15, 0.2) is 17.9 Å². The zero-order chi connectivity index (χ0) is 19.6. The molecule has 0 unspecified atom stereocenters. The molecule has 1 aromatic rings. The van der Waals surface area contributed by atoms with Crippen LogP contribution in [0.3, 0.4) is 0 Å². The molecule has 146 valence electrons. The van der Waals surface area contributed by atoms with E-state index < -0.39 is 17.7 Å². The highest BCUT2D eigenvalue weighted by atomic mass is 35.5. The van der Waals surface area contributed by atoms with Crippen LogP contribution in [0.1, 0.15) is 50.7 Å². The van der Waals surface area contributed by atoms with E-state index in [1.807, 2.05) is 6.92 Å². The molecule has 0 aromatic heterocycles. The SMILES string of the molecule is CCNC(=O)OC1=C(c2c(CC)cc(Cl)cc2OC)C(=O)OC12CCCC2. The summed E-state index contributed by atoms with van der Waals surface area (Å²) >= 11 is 6.20. The molecule has 1 saturated carbocycles. The molecule has 0 saturated heterocycles. The Bertz CT molecular complexity index is 771. The molecule has 1 aliphatic heterocycles. The summed E-state index contributed by atoms with van der Waals surface area (Å²) in [6.45, 7) is 4.19. The summed E-state index contributed by atoms with van der Waals surface area (Å²) in [4.78, 5) is 25.1. The largest absolute Gasteiger partial charge is 0.496 e. The van der Waals surface area contributed by atoms with E-state index in [-0.39, 0.29) is 11.3 Å². The third kappa shape index (κ3) is 3.50. The lowest BCUT2D eigenvalue weighted by Gasteiger charge is -2.24. The van der Waals surface area contributed by atoms with Gasteiger partial charge in [-0.2, -0.15) is 0 Å². The van der Waals surface area contributed by atoms with E-state index in [0.29, 0.717) is 42.1 Å². The maximum absolute atomic E-state index is 12.9. The lowest BCUT2D eigenvalue weighted by molar-refractivity contribution is -0.146. The van der Waals surface area contributed by atoms with Crippen LogP contribution >= 0.6 is 11.6 Å². The minimum Gasteiger partial charge on any atom is -0.496 e. The van der Waals surface area contributed by atoms with E-state index in [2.05, 4.69) is 5.32 Å². The van der Waals surface area contributed by atoms with Crippen molar-refractivity contribution in [1.82, 2.24) is 5.32 Å². The van der Waals surface area contributed by atoms with E-state index in [0.717, 1.165) is 18.4 Å². The van der Waals surface area contributed by atoms with Crippen molar-refractivity contribution in [1.29, 1.82) is 0 Å². The Balaban J connectivity index is 2.22. The first-order valence-electron chi connectivity index (χ1n) is 9.26. The fraction of sp³-hybridized carbons (Fsp3) is 0.500. The van der Waals surface area contributed by atoms with E-state index in [9.17, 15) is 9.59 Å². The molecule has 7 heteroatoms.